The molecule has 0 unspecified atom stereocenters. The van der Waals surface area contributed by atoms with Gasteiger partial charge in [0.1, 0.15) is 29.5 Å². The Morgan fingerprint density at radius 1 is 1.33 bits per heavy atom. The Morgan fingerprint density at radius 3 is 2.70 bits per heavy atom. The first kappa shape index (κ1) is 21.3. The second-order valence-corrected chi connectivity index (χ2v) is 6.83. The summed E-state index contributed by atoms with van der Waals surface area (Å²) in [5, 5.41) is 2.55. The SMILES string of the molecule is Cc1cc(C(F)F)cnc1C(=O)Nc1ccc(F)c([C@]2(C)C=C(CF)OC(N)=N2)c1. The van der Waals surface area contributed by atoms with Crippen LogP contribution < -0.4 is 11.1 Å². The first-order valence-electron chi connectivity index (χ1n) is 8.80. The van der Waals surface area contributed by atoms with Gasteiger partial charge in [-0.25, -0.2) is 22.6 Å². The monoisotopic (exact) mass is 422 g/mol. The van der Waals surface area contributed by atoms with Gasteiger partial charge in [0.05, 0.1) is 0 Å². The molecule has 1 atom stereocenters. The highest BCUT2D eigenvalue weighted by Gasteiger charge is 2.32. The molecule has 2 heterocycles. The number of aromatic nitrogens is 1. The fourth-order valence-electron chi connectivity index (χ4n) is 3.10. The first-order chi connectivity index (χ1) is 14.1. The van der Waals surface area contributed by atoms with Gasteiger partial charge in [0, 0.05) is 23.0 Å². The van der Waals surface area contributed by atoms with Crippen molar-refractivity contribution in [2.75, 3.05) is 12.0 Å². The molecule has 10 heteroatoms. The van der Waals surface area contributed by atoms with Gasteiger partial charge in [-0.15, -0.1) is 0 Å². The molecular weight excluding hydrogens is 404 g/mol. The molecule has 0 saturated heterocycles. The zero-order valence-electron chi connectivity index (χ0n) is 16.0. The van der Waals surface area contributed by atoms with Gasteiger partial charge in [-0.3, -0.25) is 9.78 Å². The van der Waals surface area contributed by atoms with Crippen molar-refractivity contribution in [2.45, 2.75) is 25.8 Å². The lowest BCUT2D eigenvalue weighted by molar-refractivity contribution is 0.102. The van der Waals surface area contributed by atoms with Crippen LogP contribution in [-0.4, -0.2) is 23.6 Å². The van der Waals surface area contributed by atoms with Gasteiger partial charge in [0.15, 0.2) is 0 Å². The molecule has 1 aromatic heterocycles. The third kappa shape index (κ3) is 4.27. The number of allylic oxidation sites excluding steroid dienone is 1. The number of aryl methyl sites for hydroxylation is 1. The zero-order chi connectivity index (χ0) is 22.1. The maximum Gasteiger partial charge on any atom is 0.288 e. The number of aliphatic imine (C=N–C) groups is 1. The average molecular weight is 422 g/mol. The van der Waals surface area contributed by atoms with E-state index >= 15 is 0 Å². The zero-order valence-corrected chi connectivity index (χ0v) is 16.0. The minimum absolute atomic E-state index is 0.0234. The van der Waals surface area contributed by atoms with E-state index in [4.69, 9.17) is 10.5 Å². The predicted octanol–water partition coefficient (Wildman–Crippen LogP) is 4.13. The molecule has 0 spiro atoms. The lowest BCUT2D eigenvalue weighted by Crippen LogP contribution is -2.31. The second kappa shape index (κ2) is 8.13. The second-order valence-electron chi connectivity index (χ2n) is 6.83. The number of nitrogens with one attached hydrogen (secondary N) is 1. The highest BCUT2D eigenvalue weighted by atomic mass is 19.3. The molecule has 2 aromatic rings. The normalized spacial score (nSPS) is 18.5. The number of hydrogen-bond donors (Lipinski definition) is 2. The number of hydrogen-bond acceptors (Lipinski definition) is 5. The van der Waals surface area contributed by atoms with Gasteiger partial charge in [0.25, 0.3) is 18.4 Å². The fourth-order valence-corrected chi connectivity index (χ4v) is 3.10. The summed E-state index contributed by atoms with van der Waals surface area (Å²) in [6, 6.07) is 4.60. The standard InChI is InChI=1S/C20H18F4N4O2/c1-10-5-11(17(23)24)9-26-16(10)18(29)27-12-3-4-15(22)14(6-12)20(2)7-13(8-21)30-19(25)28-20/h3-7,9,17H,8H2,1-2H3,(H2,25,28)(H,27,29)/t20-/m0/s1. The Morgan fingerprint density at radius 2 is 2.07 bits per heavy atom. The minimum Gasteiger partial charge on any atom is -0.428 e. The van der Waals surface area contributed by atoms with Crippen molar-refractivity contribution in [1.82, 2.24) is 4.98 Å². The number of amidine groups is 1. The van der Waals surface area contributed by atoms with E-state index in [2.05, 4.69) is 15.3 Å². The average Bonchev–Trinajstić information content (AvgIpc) is 2.68. The van der Waals surface area contributed by atoms with Crippen LogP contribution in [0.5, 0.6) is 0 Å². The van der Waals surface area contributed by atoms with E-state index in [0.29, 0.717) is 0 Å². The molecule has 1 aliphatic heterocycles. The number of carbonyl (C=O) groups excluding carboxylic acids is 1. The van der Waals surface area contributed by atoms with Crippen molar-refractivity contribution in [3.8, 4) is 0 Å². The van der Waals surface area contributed by atoms with Crippen LogP contribution in [0, 0.1) is 12.7 Å². The molecule has 6 nitrogen and oxygen atoms in total. The van der Waals surface area contributed by atoms with Crippen LogP contribution >= 0.6 is 0 Å². The number of carbonyl (C=O) groups is 1. The highest BCUT2D eigenvalue weighted by Crippen LogP contribution is 2.35. The van der Waals surface area contributed by atoms with Crippen LogP contribution in [0.2, 0.25) is 0 Å². The number of nitrogens with two attached hydrogens (primary N) is 1. The van der Waals surface area contributed by atoms with Crippen molar-refractivity contribution >= 4 is 17.6 Å². The van der Waals surface area contributed by atoms with Crippen LogP contribution in [0.25, 0.3) is 0 Å². The number of pyridine rings is 1. The Bertz CT molecular complexity index is 1060. The molecule has 1 amide bonds. The van der Waals surface area contributed by atoms with E-state index in [1.54, 1.807) is 0 Å². The highest BCUT2D eigenvalue weighted by molar-refractivity contribution is 6.03. The smallest absolute Gasteiger partial charge is 0.288 e. The Balaban J connectivity index is 1.92. The molecule has 0 saturated carbocycles. The molecule has 0 fully saturated rings. The van der Waals surface area contributed by atoms with E-state index < -0.39 is 30.4 Å². The lowest BCUT2D eigenvalue weighted by Gasteiger charge is -2.28. The summed E-state index contributed by atoms with van der Waals surface area (Å²) in [6.07, 6.45) is -0.488. The van der Waals surface area contributed by atoms with Gasteiger partial charge in [-0.05, 0) is 49.8 Å². The Kier molecular flexibility index (Phi) is 5.77. The molecule has 30 heavy (non-hydrogen) atoms. The lowest BCUT2D eigenvalue weighted by atomic mass is 9.90. The van der Waals surface area contributed by atoms with Gasteiger partial charge in [0.2, 0.25) is 0 Å². The molecule has 1 aromatic carbocycles. The number of benzene rings is 1. The maximum atomic E-state index is 14.5. The first-order valence-corrected chi connectivity index (χ1v) is 8.80. The van der Waals surface area contributed by atoms with Crippen LogP contribution in [0.4, 0.5) is 23.2 Å². The molecular formula is C20H18F4N4O2. The predicted molar refractivity (Wildman–Crippen MR) is 102 cm³/mol. The largest absolute Gasteiger partial charge is 0.428 e. The minimum atomic E-state index is -2.71. The van der Waals surface area contributed by atoms with E-state index in [-0.39, 0.29) is 39.9 Å². The number of alkyl halides is 3. The van der Waals surface area contributed by atoms with Crippen LogP contribution in [0.3, 0.4) is 0 Å². The number of amides is 1. The van der Waals surface area contributed by atoms with E-state index in [0.717, 1.165) is 12.3 Å². The number of halogens is 4. The van der Waals surface area contributed by atoms with Crippen molar-refractivity contribution in [1.29, 1.82) is 0 Å². The van der Waals surface area contributed by atoms with Crippen molar-refractivity contribution in [3.05, 3.63) is 70.5 Å². The molecule has 158 valence electrons. The molecule has 0 bridgehead atoms. The molecule has 0 aliphatic carbocycles. The third-order valence-corrected chi connectivity index (χ3v) is 4.49. The van der Waals surface area contributed by atoms with Crippen LogP contribution in [-0.2, 0) is 10.3 Å². The van der Waals surface area contributed by atoms with Gasteiger partial charge < -0.3 is 15.8 Å². The molecule has 3 N–H and O–H groups in total. The third-order valence-electron chi connectivity index (χ3n) is 4.49. The summed E-state index contributed by atoms with van der Waals surface area (Å²) in [7, 11) is 0. The summed E-state index contributed by atoms with van der Waals surface area (Å²) in [5.41, 5.74) is 4.35. The van der Waals surface area contributed by atoms with Crippen molar-refractivity contribution in [3.63, 3.8) is 0 Å². The van der Waals surface area contributed by atoms with Gasteiger partial charge in [-0.1, -0.05) is 0 Å². The summed E-state index contributed by atoms with van der Waals surface area (Å²) >= 11 is 0. The summed E-state index contributed by atoms with van der Waals surface area (Å²) < 4.78 is 58.1. The summed E-state index contributed by atoms with van der Waals surface area (Å²) in [4.78, 5) is 20.4. The Labute approximate surface area is 169 Å². The quantitative estimate of drug-likeness (QED) is 0.709. The maximum absolute atomic E-state index is 14.5. The number of ether oxygens (including phenoxy) is 1. The number of nitrogens with zero attached hydrogens (tertiary/aromatic N) is 2. The number of rotatable bonds is 5. The van der Waals surface area contributed by atoms with Gasteiger partial charge in [-0.2, -0.15) is 0 Å². The van der Waals surface area contributed by atoms with Gasteiger partial charge >= 0.3 is 0 Å². The fraction of sp³-hybridized carbons (Fsp3) is 0.250. The van der Waals surface area contributed by atoms with E-state index in [9.17, 15) is 22.4 Å². The van der Waals surface area contributed by atoms with E-state index in [1.165, 1.54) is 38.1 Å². The van der Waals surface area contributed by atoms with Crippen LogP contribution in [0.15, 0.2) is 47.3 Å². The topological polar surface area (TPSA) is 89.6 Å². The van der Waals surface area contributed by atoms with Crippen molar-refractivity contribution in [2.24, 2.45) is 10.7 Å². The molecule has 1 aliphatic rings. The van der Waals surface area contributed by atoms with E-state index in [1.807, 2.05) is 0 Å². The number of anilines is 1. The van der Waals surface area contributed by atoms with Crippen molar-refractivity contribution < 1.29 is 27.1 Å². The summed E-state index contributed by atoms with van der Waals surface area (Å²) in [6.45, 7) is 2.04. The summed E-state index contributed by atoms with van der Waals surface area (Å²) in [5.74, 6) is -1.43. The van der Waals surface area contributed by atoms with Crippen LogP contribution in [0.1, 0.15) is 40.5 Å². The Hall–Kier alpha value is -3.43. The molecule has 3 rings (SSSR count). The molecule has 0 radical (unpaired) electrons.